The van der Waals surface area contributed by atoms with Gasteiger partial charge in [-0.2, -0.15) is 0 Å². The molecule has 0 radical (unpaired) electrons. The van der Waals surface area contributed by atoms with Gasteiger partial charge in [0.2, 0.25) is 11.7 Å². The maximum atomic E-state index is 12.8. The average Bonchev–Trinajstić information content (AvgIpc) is 3.37. The molecule has 2 aromatic carbocycles. The van der Waals surface area contributed by atoms with Crippen molar-refractivity contribution in [2.24, 2.45) is 22.9 Å². The second-order valence-corrected chi connectivity index (χ2v) is 16.8. The van der Waals surface area contributed by atoms with Crippen LogP contribution in [0, 0.1) is 22.7 Å². The van der Waals surface area contributed by atoms with Gasteiger partial charge in [0.25, 0.3) is 0 Å². The number of methoxy groups -OCH3 is 1. The SMILES string of the molecule is C=C1CCCC(C(C)(O)C(O)(OC)c2ccc(/C=C/O)c(OCc3ccc([N+](C)(C)CCSC4=C(C(=O)N=O)N5C(=O)C(C(C)O)C5C4C)cc3)c2Cl)C1. The highest BCUT2D eigenvalue weighted by Crippen LogP contribution is 2.51. The number of ether oxygens (including phenoxy) is 2. The summed E-state index contributed by atoms with van der Waals surface area (Å²) in [6, 6.07) is 10.6. The number of hydrogen-bond acceptors (Lipinski definition) is 10. The summed E-state index contributed by atoms with van der Waals surface area (Å²) in [5.74, 6) is -3.93. The zero-order valence-electron chi connectivity index (χ0n) is 31.6. The lowest BCUT2D eigenvalue weighted by atomic mass is 9.70. The molecule has 0 bridgehead atoms. The number of quaternary nitrogens is 1. The molecule has 2 aromatic rings. The molecule has 7 atom stereocenters. The number of carbonyl (C=O) groups excluding carboxylic acids is 2. The van der Waals surface area contributed by atoms with Crippen molar-refractivity contribution in [3.05, 3.63) is 92.0 Å². The van der Waals surface area contributed by atoms with Crippen LogP contribution >= 0.6 is 23.4 Å². The van der Waals surface area contributed by atoms with E-state index in [1.54, 1.807) is 26.0 Å². The monoisotopic (exact) mass is 784 g/mol. The second-order valence-electron chi connectivity index (χ2n) is 15.3. The maximum Gasteiger partial charge on any atom is 0.333 e. The summed E-state index contributed by atoms with van der Waals surface area (Å²) >= 11 is 8.36. The Kier molecular flexibility index (Phi) is 12.5. The molecule has 12 nitrogen and oxygen atoms in total. The van der Waals surface area contributed by atoms with Crippen LogP contribution in [0.3, 0.4) is 0 Å². The number of nitrogens with zero attached hydrogens (tertiary/aromatic N) is 3. The van der Waals surface area contributed by atoms with E-state index in [0.717, 1.165) is 35.9 Å². The molecular formula is C40H51ClN3O9S+. The number of carbonyl (C=O) groups is 2. The number of allylic oxidation sites excluding steroid dienone is 1. The third kappa shape index (κ3) is 7.52. The van der Waals surface area contributed by atoms with Crippen molar-refractivity contribution in [2.45, 2.75) is 76.6 Å². The smallest absolute Gasteiger partial charge is 0.333 e. The third-order valence-electron chi connectivity index (χ3n) is 11.5. The predicted octanol–water partition coefficient (Wildman–Crippen LogP) is 6.40. The number of amides is 2. The summed E-state index contributed by atoms with van der Waals surface area (Å²) in [6.45, 7) is 9.84. The van der Waals surface area contributed by atoms with Gasteiger partial charge in [-0.15, -0.1) is 16.7 Å². The van der Waals surface area contributed by atoms with Crippen molar-refractivity contribution < 1.29 is 39.5 Å². The first-order chi connectivity index (χ1) is 25.4. The fourth-order valence-electron chi connectivity index (χ4n) is 8.11. The van der Waals surface area contributed by atoms with Crippen molar-refractivity contribution in [3.8, 4) is 5.75 Å². The van der Waals surface area contributed by atoms with Crippen LogP contribution in [0.5, 0.6) is 5.75 Å². The van der Waals surface area contributed by atoms with Crippen molar-refractivity contribution in [1.82, 2.24) is 9.38 Å². The van der Waals surface area contributed by atoms with Gasteiger partial charge in [-0.1, -0.05) is 42.8 Å². The minimum Gasteiger partial charge on any atom is -0.516 e. The van der Waals surface area contributed by atoms with Gasteiger partial charge >= 0.3 is 5.91 Å². The zero-order chi connectivity index (χ0) is 39.7. The molecule has 1 aliphatic carbocycles. The molecule has 1 saturated carbocycles. The van der Waals surface area contributed by atoms with E-state index in [4.69, 9.17) is 21.1 Å². The van der Waals surface area contributed by atoms with Gasteiger partial charge in [0.05, 0.1) is 50.0 Å². The Morgan fingerprint density at radius 2 is 1.91 bits per heavy atom. The minimum absolute atomic E-state index is 0.0279. The summed E-state index contributed by atoms with van der Waals surface area (Å²) in [5.41, 5.74) is 1.71. The molecule has 14 heteroatoms. The third-order valence-corrected chi connectivity index (χ3v) is 13.1. The molecule has 1 saturated heterocycles. The lowest BCUT2D eigenvalue weighted by Crippen LogP contribution is -2.63. The number of fused-ring (bicyclic) bond motifs is 1. The highest BCUT2D eigenvalue weighted by Gasteiger charge is 2.60. The molecule has 7 unspecified atom stereocenters. The van der Waals surface area contributed by atoms with E-state index in [0.29, 0.717) is 40.1 Å². The Morgan fingerprint density at radius 3 is 2.50 bits per heavy atom. The molecular weight excluding hydrogens is 734 g/mol. The molecule has 2 aliphatic heterocycles. The molecule has 54 heavy (non-hydrogen) atoms. The first kappa shape index (κ1) is 41.6. The number of halogens is 1. The fourth-order valence-corrected chi connectivity index (χ4v) is 9.96. The van der Waals surface area contributed by atoms with E-state index in [9.17, 15) is 34.9 Å². The van der Waals surface area contributed by atoms with E-state index >= 15 is 0 Å². The molecule has 2 heterocycles. The summed E-state index contributed by atoms with van der Waals surface area (Å²) < 4.78 is 12.4. The number of hydrogen-bond donors (Lipinski definition) is 4. The second kappa shape index (κ2) is 16.3. The van der Waals surface area contributed by atoms with Crippen molar-refractivity contribution >= 4 is 46.9 Å². The van der Waals surface area contributed by atoms with Gasteiger partial charge in [-0.05, 0) is 81.4 Å². The summed E-state index contributed by atoms with van der Waals surface area (Å²) in [6.07, 6.45) is 4.34. The Bertz CT molecular complexity index is 1840. The van der Waals surface area contributed by atoms with Crippen LogP contribution in [-0.2, 0) is 26.7 Å². The summed E-state index contributed by atoms with van der Waals surface area (Å²) in [4.78, 5) is 38.5. The first-order valence-electron chi connectivity index (χ1n) is 18.1. The standard InChI is InChI=1S/C40H50ClN3O9S/c1-23-9-8-10-28(21-23)39(4,49)40(50,52-7)30-16-13-27(17-19-45)35(32(30)41)53-22-26-11-14-29(15-12-26)44(5,6)18-20-54-36-24(2)33-31(25(3)46)38(48)43(33)34(36)37(47)42-51/h11-17,19,24-25,28,31,33,46,49-50H,1,8-10,18,20-22H2,2-7H3/p+1/b19-17+. The largest absolute Gasteiger partial charge is 0.516 e. The van der Waals surface area contributed by atoms with Crippen LogP contribution in [0.4, 0.5) is 5.69 Å². The summed E-state index contributed by atoms with van der Waals surface area (Å²) in [7, 11) is 5.41. The highest BCUT2D eigenvalue weighted by atomic mass is 35.5. The summed E-state index contributed by atoms with van der Waals surface area (Å²) in [5, 5.41) is 46.2. The number of β-lactam (4-membered cyclic amide) rings is 1. The molecule has 0 aromatic heterocycles. The Labute approximate surface area is 325 Å². The zero-order valence-corrected chi connectivity index (χ0v) is 33.2. The normalized spacial score (nSPS) is 24.5. The highest BCUT2D eigenvalue weighted by molar-refractivity contribution is 8.03. The van der Waals surface area contributed by atoms with Crippen LogP contribution < -0.4 is 9.22 Å². The van der Waals surface area contributed by atoms with Gasteiger partial charge in [0, 0.05) is 40.0 Å². The van der Waals surface area contributed by atoms with E-state index in [1.165, 1.54) is 29.8 Å². The number of rotatable bonds is 15. The molecule has 292 valence electrons. The quantitative estimate of drug-likeness (QED) is 0.0397. The Morgan fingerprint density at radius 1 is 1.22 bits per heavy atom. The van der Waals surface area contributed by atoms with E-state index in [2.05, 4.69) is 11.8 Å². The predicted molar refractivity (Wildman–Crippen MR) is 210 cm³/mol. The first-order valence-corrected chi connectivity index (χ1v) is 19.4. The van der Waals surface area contributed by atoms with Gasteiger partial charge in [0.1, 0.15) is 29.3 Å². The van der Waals surface area contributed by atoms with E-state index < -0.39 is 29.3 Å². The number of nitroso groups, excluding NO2 is 1. The Hall–Kier alpha value is -3.56. The van der Waals surface area contributed by atoms with Gasteiger partial charge in [-0.3, -0.25) is 14.1 Å². The molecule has 4 N–H and O–H groups in total. The molecule has 3 aliphatic rings. The van der Waals surface area contributed by atoms with Gasteiger partial charge < -0.3 is 34.8 Å². The molecule has 2 amide bonds. The van der Waals surface area contributed by atoms with Crippen molar-refractivity contribution in [2.75, 3.05) is 33.5 Å². The van der Waals surface area contributed by atoms with Crippen LogP contribution in [0.15, 0.2) is 70.6 Å². The number of aliphatic hydroxyl groups excluding tert-OH is 2. The maximum absolute atomic E-state index is 12.8. The van der Waals surface area contributed by atoms with Crippen LogP contribution in [0.25, 0.3) is 6.08 Å². The average molecular weight is 785 g/mol. The topological polar surface area (TPSA) is 166 Å². The Balaban J connectivity index is 1.29. The number of benzene rings is 2. The molecule has 0 spiro atoms. The number of thioether (sulfide) groups is 1. The lowest BCUT2D eigenvalue weighted by Gasteiger charge is -2.46. The molecule has 2 fully saturated rings. The van der Waals surface area contributed by atoms with Crippen LogP contribution in [0.2, 0.25) is 5.02 Å². The van der Waals surface area contributed by atoms with Gasteiger partial charge in [0.15, 0.2) is 0 Å². The fraction of sp³-hybridized carbons (Fsp3) is 0.500. The lowest BCUT2D eigenvalue weighted by molar-refractivity contribution is -0.310. The van der Waals surface area contributed by atoms with E-state index in [1.807, 2.05) is 45.3 Å². The van der Waals surface area contributed by atoms with Crippen molar-refractivity contribution in [3.63, 3.8) is 0 Å². The van der Waals surface area contributed by atoms with E-state index in [-0.39, 0.29) is 52.4 Å². The minimum atomic E-state index is -2.18. The number of aliphatic hydroxyl groups is 4. The van der Waals surface area contributed by atoms with Gasteiger partial charge in [-0.25, -0.2) is 0 Å². The van der Waals surface area contributed by atoms with Crippen LogP contribution in [0.1, 0.15) is 63.1 Å². The molecule has 5 rings (SSSR count). The van der Waals surface area contributed by atoms with Crippen LogP contribution in [-0.4, -0.2) is 88.4 Å². The van der Waals surface area contributed by atoms with Crippen molar-refractivity contribution in [1.29, 1.82) is 0 Å².